The summed E-state index contributed by atoms with van der Waals surface area (Å²) in [5, 5.41) is 23.7. The van der Waals surface area contributed by atoms with E-state index in [-0.39, 0.29) is 0 Å². The highest BCUT2D eigenvalue weighted by atomic mass is 16.5. The number of carbonyl (C=O) groups is 1. The Hall–Kier alpha value is -0.610. The summed E-state index contributed by atoms with van der Waals surface area (Å²) < 4.78 is 0. The molecule has 14 heavy (non-hydrogen) atoms. The van der Waals surface area contributed by atoms with Crippen LogP contribution in [0.25, 0.3) is 0 Å². The van der Waals surface area contributed by atoms with E-state index in [0.29, 0.717) is 12.8 Å². The Morgan fingerprint density at radius 2 is 1.57 bits per heavy atom. The van der Waals surface area contributed by atoms with Gasteiger partial charge in [0.25, 0.3) is 0 Å². The molecule has 0 N–H and O–H groups in total. The average Bonchev–Trinajstić information content (AvgIpc) is 1.98. The molecule has 0 saturated carbocycles. The van der Waals surface area contributed by atoms with E-state index in [1.54, 1.807) is 27.7 Å². The van der Waals surface area contributed by atoms with Gasteiger partial charge < -0.3 is 20.2 Å². The molecule has 0 aromatic carbocycles. The van der Waals surface area contributed by atoms with Crippen LogP contribution in [0, 0.1) is 11.1 Å². The number of rotatable bonds is 1. The lowest BCUT2D eigenvalue weighted by atomic mass is 9.75. The first-order chi connectivity index (χ1) is 6.17. The first-order valence-corrected chi connectivity index (χ1v) is 4.85. The number of hydrogen-bond donors (Lipinski definition) is 0. The number of hydrogen-bond acceptors (Lipinski definition) is 4. The van der Waals surface area contributed by atoms with Crippen molar-refractivity contribution in [1.82, 2.24) is 5.06 Å². The summed E-state index contributed by atoms with van der Waals surface area (Å²) in [6.07, 6.45) is 0.727. The predicted octanol–water partition coefficient (Wildman–Crippen LogP) is 0.503. The largest absolute Gasteiger partial charge is 0.784 e. The maximum atomic E-state index is 11.8. The topological polar surface area (TPSA) is 66.4 Å². The summed E-state index contributed by atoms with van der Waals surface area (Å²) in [4.78, 5) is 10.8. The van der Waals surface area contributed by atoms with Gasteiger partial charge in [-0.25, -0.2) is 0 Å². The van der Waals surface area contributed by atoms with Crippen molar-refractivity contribution in [3.8, 4) is 0 Å². The molecule has 4 nitrogen and oxygen atoms in total. The minimum absolute atomic E-state index is 0.363. The maximum Gasteiger partial charge on any atom is 0.0446 e. The summed E-state index contributed by atoms with van der Waals surface area (Å²) in [5.41, 5.74) is -1.24. The SMILES string of the molecule is CC1(C)CC(C(=O)[O-])CC(C)(C)N1[O-]. The monoisotopic (exact) mass is 199 g/mol. The van der Waals surface area contributed by atoms with Crippen molar-refractivity contribution >= 4 is 5.97 Å². The third-order valence-electron chi connectivity index (χ3n) is 2.92. The molecule has 1 heterocycles. The molecule has 0 unspecified atom stereocenters. The molecule has 0 aliphatic carbocycles. The van der Waals surface area contributed by atoms with Gasteiger partial charge in [-0.2, -0.15) is 0 Å². The van der Waals surface area contributed by atoms with Crippen LogP contribution in [0.1, 0.15) is 40.5 Å². The third kappa shape index (κ3) is 1.91. The van der Waals surface area contributed by atoms with Gasteiger partial charge in [-0.3, -0.25) is 0 Å². The number of carboxylic acid groups (broad SMARTS) is 1. The summed E-state index contributed by atoms with van der Waals surface area (Å²) in [6.45, 7) is 7.10. The molecule has 1 aliphatic heterocycles. The molecule has 82 valence electrons. The summed E-state index contributed by atoms with van der Waals surface area (Å²) in [6, 6.07) is 0. The molecule has 0 spiro atoms. The van der Waals surface area contributed by atoms with Crippen molar-refractivity contribution in [3.63, 3.8) is 0 Å². The number of aliphatic carboxylic acids is 1. The van der Waals surface area contributed by atoms with Crippen molar-refractivity contribution in [1.29, 1.82) is 0 Å². The van der Waals surface area contributed by atoms with E-state index in [2.05, 4.69) is 0 Å². The lowest BCUT2D eigenvalue weighted by molar-refractivity contribution is -0.314. The lowest BCUT2D eigenvalue weighted by Crippen LogP contribution is -2.59. The number of carbonyl (C=O) groups excluding carboxylic acids is 1. The van der Waals surface area contributed by atoms with Crippen LogP contribution in [0.2, 0.25) is 0 Å². The highest BCUT2D eigenvalue weighted by molar-refractivity contribution is 5.68. The Kier molecular flexibility index (Phi) is 2.63. The van der Waals surface area contributed by atoms with Gasteiger partial charge in [0.1, 0.15) is 0 Å². The fraction of sp³-hybridized carbons (Fsp3) is 0.900. The number of hydroxylamine groups is 2. The van der Waals surface area contributed by atoms with Gasteiger partial charge in [-0.1, -0.05) is 0 Å². The lowest BCUT2D eigenvalue weighted by Gasteiger charge is -2.60. The van der Waals surface area contributed by atoms with E-state index < -0.39 is 23.0 Å². The molecule has 1 saturated heterocycles. The molecule has 1 aliphatic rings. The fourth-order valence-electron chi connectivity index (χ4n) is 2.43. The highest BCUT2D eigenvalue weighted by Gasteiger charge is 2.40. The predicted molar refractivity (Wildman–Crippen MR) is 51.1 cm³/mol. The standard InChI is InChI=1S/C10H18NO3/c1-9(2)5-7(8(12)13)6-10(3,4)11(9)14/h7H,5-6H2,1-4H3,(H,12,13)/q-1/p-1. The van der Waals surface area contributed by atoms with Crippen LogP contribution in [0.3, 0.4) is 0 Å². The molecule has 1 rings (SSSR count). The minimum atomic E-state index is -1.04. The van der Waals surface area contributed by atoms with Gasteiger partial charge in [0.15, 0.2) is 0 Å². The van der Waals surface area contributed by atoms with Crippen LogP contribution in [0.5, 0.6) is 0 Å². The first kappa shape index (κ1) is 11.5. The van der Waals surface area contributed by atoms with E-state index in [1.807, 2.05) is 0 Å². The van der Waals surface area contributed by atoms with Crippen LogP contribution >= 0.6 is 0 Å². The van der Waals surface area contributed by atoms with Crippen LogP contribution in [-0.4, -0.2) is 22.1 Å². The maximum absolute atomic E-state index is 11.8. The Balaban J connectivity index is 2.91. The first-order valence-electron chi connectivity index (χ1n) is 4.85. The van der Waals surface area contributed by atoms with E-state index in [4.69, 9.17) is 0 Å². The number of carboxylic acids is 1. The van der Waals surface area contributed by atoms with E-state index in [9.17, 15) is 15.1 Å². The molecule has 0 atom stereocenters. The summed E-state index contributed by atoms with van der Waals surface area (Å²) in [5.74, 6) is -1.55. The molecular weight excluding hydrogens is 182 g/mol. The van der Waals surface area contributed by atoms with Crippen molar-refractivity contribution in [3.05, 3.63) is 5.21 Å². The molecular formula is C10H17NO3-2. The van der Waals surface area contributed by atoms with E-state index in [0.717, 1.165) is 5.06 Å². The van der Waals surface area contributed by atoms with Gasteiger partial charge in [-0.05, 0) is 40.5 Å². The van der Waals surface area contributed by atoms with E-state index in [1.165, 1.54) is 0 Å². The average molecular weight is 199 g/mol. The van der Waals surface area contributed by atoms with Crippen LogP contribution in [0.15, 0.2) is 0 Å². The molecule has 0 bridgehead atoms. The van der Waals surface area contributed by atoms with Gasteiger partial charge in [0, 0.05) is 23.0 Å². The smallest absolute Gasteiger partial charge is 0.0446 e. The van der Waals surface area contributed by atoms with Crippen LogP contribution in [-0.2, 0) is 4.79 Å². The molecule has 1 fully saturated rings. The quantitative estimate of drug-likeness (QED) is 0.617. The van der Waals surface area contributed by atoms with Crippen LogP contribution < -0.4 is 5.11 Å². The van der Waals surface area contributed by atoms with Gasteiger partial charge in [-0.15, -0.1) is 0 Å². The van der Waals surface area contributed by atoms with Gasteiger partial charge in [0.2, 0.25) is 0 Å². The van der Waals surface area contributed by atoms with Crippen molar-refractivity contribution in [2.75, 3.05) is 0 Å². The van der Waals surface area contributed by atoms with Crippen molar-refractivity contribution in [2.45, 2.75) is 51.6 Å². The van der Waals surface area contributed by atoms with Crippen LogP contribution in [0.4, 0.5) is 0 Å². The number of nitrogens with zero attached hydrogens (tertiary/aromatic N) is 1. The zero-order valence-electron chi connectivity index (χ0n) is 9.16. The summed E-state index contributed by atoms with van der Waals surface area (Å²) >= 11 is 0. The highest BCUT2D eigenvalue weighted by Crippen LogP contribution is 2.40. The molecule has 0 aromatic rings. The molecule has 0 amide bonds. The zero-order valence-corrected chi connectivity index (χ0v) is 9.16. The number of piperidine rings is 1. The molecule has 0 aromatic heterocycles. The summed E-state index contributed by atoms with van der Waals surface area (Å²) in [7, 11) is 0. The van der Waals surface area contributed by atoms with Crippen molar-refractivity contribution in [2.24, 2.45) is 5.92 Å². The second kappa shape index (κ2) is 3.21. The second-order valence-corrected chi connectivity index (χ2v) is 5.34. The second-order valence-electron chi connectivity index (χ2n) is 5.34. The minimum Gasteiger partial charge on any atom is -0.784 e. The zero-order chi connectivity index (χ0) is 11.1. The Morgan fingerprint density at radius 3 is 1.86 bits per heavy atom. The fourth-order valence-corrected chi connectivity index (χ4v) is 2.43. The molecule has 4 heteroatoms. The van der Waals surface area contributed by atoms with E-state index >= 15 is 0 Å². The van der Waals surface area contributed by atoms with Gasteiger partial charge >= 0.3 is 0 Å². The Morgan fingerprint density at radius 1 is 1.21 bits per heavy atom. The Labute approximate surface area is 84.5 Å². The molecule has 0 radical (unpaired) electrons. The normalized spacial score (nSPS) is 27.5. The third-order valence-corrected chi connectivity index (χ3v) is 2.92. The van der Waals surface area contributed by atoms with Gasteiger partial charge in [0.05, 0.1) is 0 Å². The Bertz CT molecular complexity index is 230. The van der Waals surface area contributed by atoms with Crippen molar-refractivity contribution < 1.29 is 9.90 Å².